The lowest BCUT2D eigenvalue weighted by atomic mass is 9.94. The molecule has 4 aliphatic rings. The maximum absolute atomic E-state index is 13.4. The van der Waals surface area contributed by atoms with Crippen molar-refractivity contribution in [3.05, 3.63) is 23.8 Å². The van der Waals surface area contributed by atoms with Crippen molar-refractivity contribution in [2.75, 3.05) is 52.2 Å². The Morgan fingerprint density at radius 2 is 1.78 bits per heavy atom. The van der Waals surface area contributed by atoms with Crippen molar-refractivity contribution in [2.45, 2.75) is 63.2 Å². The number of likely N-dealkylation sites (N-methyl/N-ethyl adjacent to an activating group) is 2. The molecule has 0 spiro atoms. The Hall–Kier alpha value is -2.65. The number of carbonyl (C=O) groups excluding carboxylic acids is 3. The fourth-order valence-corrected chi connectivity index (χ4v) is 5.92. The molecule has 1 aromatic rings. The summed E-state index contributed by atoms with van der Waals surface area (Å²) >= 11 is 0. The largest absolute Gasteiger partial charge is 0.490 e. The number of amides is 3. The first kappa shape index (κ1) is 25.0. The van der Waals surface area contributed by atoms with Crippen LogP contribution in [0, 0.1) is 5.92 Å². The van der Waals surface area contributed by atoms with Crippen molar-refractivity contribution in [2.24, 2.45) is 5.92 Å². The number of nitrogens with one attached hydrogen (secondary N) is 1. The van der Waals surface area contributed by atoms with Crippen LogP contribution in [-0.2, 0) is 14.3 Å². The number of piperazine rings is 1. The Bertz CT molecular complexity index is 986. The average molecular weight is 499 g/mol. The summed E-state index contributed by atoms with van der Waals surface area (Å²) in [5.74, 6) is 0.562. The normalized spacial score (nSPS) is 27.5. The summed E-state index contributed by atoms with van der Waals surface area (Å²) in [6.07, 6.45) is 5.41. The molecule has 0 bridgehead atoms. The third-order valence-electron chi connectivity index (χ3n) is 8.26. The first-order chi connectivity index (χ1) is 17.4. The highest BCUT2D eigenvalue weighted by atomic mass is 16.5. The smallest absolute Gasteiger partial charge is 0.257 e. The molecule has 1 saturated carbocycles. The van der Waals surface area contributed by atoms with Gasteiger partial charge in [0.05, 0.1) is 24.1 Å². The fourth-order valence-electron chi connectivity index (χ4n) is 5.92. The molecule has 9 heteroatoms. The molecule has 3 heterocycles. The molecular formula is C27H38N4O5. The number of nitrogens with zero attached hydrogens (tertiary/aromatic N) is 3. The van der Waals surface area contributed by atoms with Gasteiger partial charge in [-0.25, -0.2) is 0 Å². The van der Waals surface area contributed by atoms with Gasteiger partial charge in [-0.15, -0.1) is 0 Å². The van der Waals surface area contributed by atoms with Crippen LogP contribution in [0.3, 0.4) is 0 Å². The van der Waals surface area contributed by atoms with Gasteiger partial charge in [0.2, 0.25) is 11.8 Å². The molecule has 0 radical (unpaired) electrons. The van der Waals surface area contributed by atoms with E-state index >= 15 is 0 Å². The van der Waals surface area contributed by atoms with Crippen molar-refractivity contribution in [3.63, 3.8) is 0 Å². The number of hydrogen-bond acceptors (Lipinski definition) is 6. The van der Waals surface area contributed by atoms with Crippen LogP contribution in [0.2, 0.25) is 0 Å². The number of ether oxygens (including phenoxy) is 2. The molecule has 5 rings (SSSR count). The summed E-state index contributed by atoms with van der Waals surface area (Å²) in [5, 5.41) is 2.99. The lowest BCUT2D eigenvalue weighted by molar-refractivity contribution is -0.144. The van der Waals surface area contributed by atoms with Crippen LogP contribution >= 0.6 is 0 Å². The highest BCUT2D eigenvalue weighted by Crippen LogP contribution is 2.33. The Balaban J connectivity index is 1.23. The van der Waals surface area contributed by atoms with Crippen LogP contribution in [0.5, 0.6) is 5.75 Å². The van der Waals surface area contributed by atoms with Crippen LogP contribution in [0.15, 0.2) is 18.2 Å². The zero-order chi connectivity index (χ0) is 25.2. The van der Waals surface area contributed by atoms with Gasteiger partial charge >= 0.3 is 0 Å². The van der Waals surface area contributed by atoms with Gasteiger partial charge in [-0.3, -0.25) is 14.4 Å². The zero-order valence-electron chi connectivity index (χ0n) is 21.4. The molecule has 1 N–H and O–H groups in total. The Labute approximate surface area is 213 Å². The minimum atomic E-state index is -0.298. The van der Waals surface area contributed by atoms with E-state index < -0.39 is 0 Å². The minimum absolute atomic E-state index is 0.0259. The number of benzene rings is 1. The Kier molecular flexibility index (Phi) is 7.48. The average Bonchev–Trinajstić information content (AvgIpc) is 3.42. The van der Waals surface area contributed by atoms with Gasteiger partial charge in [0, 0.05) is 44.8 Å². The molecule has 0 aromatic heterocycles. The van der Waals surface area contributed by atoms with E-state index in [1.165, 1.54) is 0 Å². The summed E-state index contributed by atoms with van der Waals surface area (Å²) in [6.45, 7) is 3.62. The van der Waals surface area contributed by atoms with Crippen molar-refractivity contribution in [1.82, 2.24) is 14.7 Å². The van der Waals surface area contributed by atoms with E-state index in [0.29, 0.717) is 30.0 Å². The molecule has 3 fully saturated rings. The zero-order valence-corrected chi connectivity index (χ0v) is 21.4. The number of anilines is 1. The Morgan fingerprint density at radius 1 is 1.03 bits per heavy atom. The standard InChI is InChI=1S/C27H38N4O5/c1-29-11-13-31(14-12-29)25(32)16-20-8-9-22-24(36-20)17-35-23-10-7-19(15-21(23)27(34)30(22)2)28-26(33)18-5-3-4-6-18/h7,10,15,18,20,22,24H,3-6,8-9,11-14,16-17H2,1-2H3,(H,28,33)/t20-,22+,24-/m0/s1. The summed E-state index contributed by atoms with van der Waals surface area (Å²) in [4.78, 5) is 44.8. The number of rotatable bonds is 4. The highest BCUT2D eigenvalue weighted by molar-refractivity contribution is 6.00. The van der Waals surface area contributed by atoms with Gasteiger partial charge in [-0.2, -0.15) is 0 Å². The van der Waals surface area contributed by atoms with Crippen molar-refractivity contribution in [1.29, 1.82) is 0 Å². The predicted molar refractivity (Wildman–Crippen MR) is 135 cm³/mol. The molecule has 0 unspecified atom stereocenters. The van der Waals surface area contributed by atoms with Crippen LogP contribution in [0.1, 0.15) is 55.3 Å². The first-order valence-corrected chi connectivity index (χ1v) is 13.4. The third kappa shape index (κ3) is 5.37. The van der Waals surface area contributed by atoms with Crippen molar-refractivity contribution >= 4 is 23.4 Å². The monoisotopic (exact) mass is 498 g/mol. The fraction of sp³-hybridized carbons (Fsp3) is 0.667. The van der Waals surface area contributed by atoms with Crippen LogP contribution in [0.4, 0.5) is 5.69 Å². The van der Waals surface area contributed by atoms with Gasteiger partial charge in [0.15, 0.2) is 0 Å². The molecule has 36 heavy (non-hydrogen) atoms. The maximum atomic E-state index is 13.4. The topological polar surface area (TPSA) is 91.4 Å². The maximum Gasteiger partial charge on any atom is 0.257 e. The van der Waals surface area contributed by atoms with Gasteiger partial charge in [-0.05, 0) is 50.9 Å². The van der Waals surface area contributed by atoms with E-state index in [0.717, 1.165) is 64.7 Å². The van der Waals surface area contributed by atoms with Gasteiger partial charge in [-0.1, -0.05) is 12.8 Å². The van der Waals surface area contributed by atoms with E-state index in [9.17, 15) is 14.4 Å². The van der Waals surface area contributed by atoms with Crippen LogP contribution in [-0.4, -0.2) is 97.6 Å². The minimum Gasteiger partial charge on any atom is -0.490 e. The molecule has 196 valence electrons. The highest BCUT2D eigenvalue weighted by Gasteiger charge is 2.39. The van der Waals surface area contributed by atoms with Gasteiger partial charge in [0.25, 0.3) is 5.91 Å². The second kappa shape index (κ2) is 10.8. The number of fused-ring (bicyclic) bond motifs is 2. The number of hydrogen-bond donors (Lipinski definition) is 1. The van der Waals surface area contributed by atoms with E-state index in [2.05, 4.69) is 17.3 Å². The van der Waals surface area contributed by atoms with E-state index in [4.69, 9.17) is 9.47 Å². The van der Waals surface area contributed by atoms with Gasteiger partial charge in [0.1, 0.15) is 18.5 Å². The van der Waals surface area contributed by atoms with E-state index in [1.54, 1.807) is 30.1 Å². The molecule has 3 atom stereocenters. The number of carbonyl (C=O) groups is 3. The van der Waals surface area contributed by atoms with Crippen LogP contribution in [0.25, 0.3) is 0 Å². The summed E-state index contributed by atoms with van der Waals surface area (Å²) in [5.41, 5.74) is 1.07. The summed E-state index contributed by atoms with van der Waals surface area (Å²) in [7, 11) is 3.88. The quantitative estimate of drug-likeness (QED) is 0.685. The van der Waals surface area contributed by atoms with Crippen molar-refractivity contribution < 1.29 is 23.9 Å². The van der Waals surface area contributed by atoms with Crippen LogP contribution < -0.4 is 10.1 Å². The second-order valence-corrected chi connectivity index (χ2v) is 10.7. The SMILES string of the molecule is CN1CCN(C(=O)C[C@@H]2CC[C@@H]3[C@H](COc4ccc(NC(=O)C5CCCC5)cc4C(=O)N3C)O2)CC1. The lowest BCUT2D eigenvalue weighted by Crippen LogP contribution is -2.54. The lowest BCUT2D eigenvalue weighted by Gasteiger charge is -2.42. The van der Waals surface area contributed by atoms with Gasteiger partial charge < -0.3 is 29.5 Å². The van der Waals surface area contributed by atoms with E-state index in [-0.39, 0.29) is 41.9 Å². The predicted octanol–water partition coefficient (Wildman–Crippen LogP) is 2.36. The van der Waals surface area contributed by atoms with E-state index in [1.807, 2.05) is 4.90 Å². The Morgan fingerprint density at radius 3 is 2.53 bits per heavy atom. The summed E-state index contributed by atoms with van der Waals surface area (Å²) in [6, 6.07) is 5.14. The summed E-state index contributed by atoms with van der Waals surface area (Å²) < 4.78 is 12.4. The third-order valence-corrected chi connectivity index (χ3v) is 8.26. The molecule has 3 amide bonds. The molecular weight excluding hydrogens is 460 g/mol. The second-order valence-electron chi connectivity index (χ2n) is 10.7. The molecule has 2 saturated heterocycles. The first-order valence-electron chi connectivity index (χ1n) is 13.4. The van der Waals surface area contributed by atoms with Crippen molar-refractivity contribution in [3.8, 4) is 5.75 Å². The molecule has 1 aliphatic carbocycles. The molecule has 1 aromatic carbocycles. The molecule has 9 nitrogen and oxygen atoms in total. The molecule has 3 aliphatic heterocycles.